The predicted octanol–water partition coefficient (Wildman–Crippen LogP) is 0.814. The molecule has 0 aromatic carbocycles. The first-order valence-electron chi connectivity index (χ1n) is 6.57. The molecule has 1 saturated heterocycles. The summed E-state index contributed by atoms with van der Waals surface area (Å²) in [6, 6.07) is -0.681. The first kappa shape index (κ1) is 16.1. The van der Waals surface area contributed by atoms with Crippen LogP contribution in [0.2, 0.25) is 0 Å². The Morgan fingerprint density at radius 2 is 2.26 bits per heavy atom. The number of nitrogens with zero attached hydrogens (tertiary/aromatic N) is 1. The van der Waals surface area contributed by atoms with Crippen molar-refractivity contribution in [3.63, 3.8) is 0 Å². The van der Waals surface area contributed by atoms with E-state index >= 15 is 0 Å². The lowest BCUT2D eigenvalue weighted by Crippen LogP contribution is -2.47. The summed E-state index contributed by atoms with van der Waals surface area (Å²) in [5, 5.41) is 0. The van der Waals surface area contributed by atoms with E-state index in [0.717, 1.165) is 0 Å². The minimum atomic E-state index is -3.60. The molecule has 0 saturated carbocycles. The molecule has 0 spiro atoms. The molecule has 0 aromatic rings. The van der Waals surface area contributed by atoms with Gasteiger partial charge in [0.25, 0.3) is 10.2 Å². The summed E-state index contributed by atoms with van der Waals surface area (Å²) in [6.45, 7) is 4.55. The molecular formula is C12H22N2O4S. The summed E-state index contributed by atoms with van der Waals surface area (Å²) in [6.07, 6.45) is 5.59. The van der Waals surface area contributed by atoms with Gasteiger partial charge < -0.3 is 4.74 Å². The molecule has 1 N–H and O–H groups in total. The number of nitrogens with one attached hydrogen (secondary N) is 1. The minimum absolute atomic E-state index is 0.262. The van der Waals surface area contributed by atoms with Gasteiger partial charge in [-0.15, -0.1) is 0 Å². The Bertz CT molecular complexity index is 419. The van der Waals surface area contributed by atoms with Gasteiger partial charge in [-0.05, 0) is 33.1 Å². The average molecular weight is 290 g/mol. The number of allylic oxidation sites excluding steroid dienone is 1. The molecule has 110 valence electrons. The molecule has 0 amide bonds. The van der Waals surface area contributed by atoms with Crippen LogP contribution >= 0.6 is 0 Å². The fourth-order valence-electron chi connectivity index (χ4n) is 2.02. The van der Waals surface area contributed by atoms with Gasteiger partial charge in [0.05, 0.1) is 6.61 Å². The third kappa shape index (κ3) is 4.59. The molecule has 19 heavy (non-hydrogen) atoms. The minimum Gasteiger partial charge on any atom is -0.465 e. The van der Waals surface area contributed by atoms with Gasteiger partial charge in [-0.3, -0.25) is 4.79 Å². The predicted molar refractivity (Wildman–Crippen MR) is 72.7 cm³/mol. The fourth-order valence-corrected chi connectivity index (χ4v) is 3.46. The highest BCUT2D eigenvalue weighted by atomic mass is 32.2. The molecule has 1 aliphatic heterocycles. The number of esters is 1. The van der Waals surface area contributed by atoms with Crippen LogP contribution in [-0.4, -0.2) is 44.4 Å². The Hall–Kier alpha value is -0.920. The first-order chi connectivity index (χ1) is 9.03. The molecule has 1 rings (SSSR count). The van der Waals surface area contributed by atoms with Crippen LogP contribution in [0, 0.1) is 0 Å². The van der Waals surface area contributed by atoms with Crippen molar-refractivity contribution in [2.45, 2.75) is 39.2 Å². The van der Waals surface area contributed by atoms with Crippen LogP contribution < -0.4 is 4.72 Å². The van der Waals surface area contributed by atoms with Crippen LogP contribution in [-0.2, 0) is 19.7 Å². The van der Waals surface area contributed by atoms with Crippen molar-refractivity contribution in [1.82, 2.24) is 9.03 Å². The maximum atomic E-state index is 12.1. The van der Waals surface area contributed by atoms with Gasteiger partial charge in [-0.2, -0.15) is 12.7 Å². The number of hydrogen-bond donors (Lipinski definition) is 1. The van der Waals surface area contributed by atoms with E-state index in [4.69, 9.17) is 4.74 Å². The van der Waals surface area contributed by atoms with Gasteiger partial charge in [-0.1, -0.05) is 12.2 Å². The van der Waals surface area contributed by atoms with Crippen LogP contribution in [0.1, 0.15) is 33.1 Å². The Balaban J connectivity index is 2.62. The Morgan fingerprint density at radius 3 is 2.89 bits per heavy atom. The van der Waals surface area contributed by atoms with Gasteiger partial charge in [0.2, 0.25) is 0 Å². The van der Waals surface area contributed by atoms with E-state index in [1.165, 1.54) is 4.31 Å². The molecule has 6 nitrogen and oxygen atoms in total. The highest BCUT2D eigenvalue weighted by Gasteiger charge is 2.39. The number of rotatable bonds is 7. The normalized spacial score (nSPS) is 21.1. The first-order valence-corrected chi connectivity index (χ1v) is 8.01. The molecular weight excluding hydrogens is 268 g/mol. The third-order valence-corrected chi connectivity index (χ3v) is 4.53. The van der Waals surface area contributed by atoms with Crippen molar-refractivity contribution < 1.29 is 17.9 Å². The van der Waals surface area contributed by atoms with E-state index in [9.17, 15) is 13.2 Å². The van der Waals surface area contributed by atoms with Crippen LogP contribution in [0.5, 0.6) is 0 Å². The smallest absolute Gasteiger partial charge is 0.324 e. The number of carbonyl (C=O) groups excluding carboxylic acids is 1. The SMILES string of the molecule is C/C=C/CCNS(=O)(=O)N1CCCC1C(=O)OCC. The second kappa shape index (κ2) is 7.62. The fraction of sp³-hybridized carbons (Fsp3) is 0.750. The van der Waals surface area contributed by atoms with E-state index in [2.05, 4.69) is 4.72 Å². The highest BCUT2D eigenvalue weighted by molar-refractivity contribution is 7.87. The second-order valence-electron chi connectivity index (χ2n) is 4.28. The Morgan fingerprint density at radius 1 is 1.53 bits per heavy atom. The zero-order chi connectivity index (χ0) is 14.3. The van der Waals surface area contributed by atoms with Crippen LogP contribution in [0.25, 0.3) is 0 Å². The molecule has 1 unspecified atom stereocenters. The van der Waals surface area contributed by atoms with Crippen molar-refractivity contribution >= 4 is 16.2 Å². The molecule has 0 aromatic heterocycles. The van der Waals surface area contributed by atoms with Gasteiger partial charge in [0.15, 0.2) is 0 Å². The zero-order valence-corrected chi connectivity index (χ0v) is 12.3. The van der Waals surface area contributed by atoms with Gasteiger partial charge in [-0.25, -0.2) is 4.72 Å². The molecule has 0 radical (unpaired) electrons. The number of hydrogen-bond acceptors (Lipinski definition) is 4. The van der Waals surface area contributed by atoms with Crippen molar-refractivity contribution in [2.75, 3.05) is 19.7 Å². The van der Waals surface area contributed by atoms with E-state index in [0.29, 0.717) is 32.4 Å². The average Bonchev–Trinajstić information content (AvgIpc) is 2.85. The Labute approximate surface area is 115 Å². The van der Waals surface area contributed by atoms with E-state index in [1.54, 1.807) is 6.92 Å². The van der Waals surface area contributed by atoms with Crippen LogP contribution in [0.3, 0.4) is 0 Å². The van der Waals surface area contributed by atoms with Crippen LogP contribution in [0.15, 0.2) is 12.2 Å². The second-order valence-corrected chi connectivity index (χ2v) is 5.99. The zero-order valence-electron chi connectivity index (χ0n) is 11.5. The van der Waals surface area contributed by atoms with Gasteiger partial charge >= 0.3 is 5.97 Å². The molecule has 7 heteroatoms. The van der Waals surface area contributed by atoms with Crippen molar-refractivity contribution in [1.29, 1.82) is 0 Å². The van der Waals surface area contributed by atoms with Crippen molar-refractivity contribution in [3.05, 3.63) is 12.2 Å². The lowest BCUT2D eigenvalue weighted by molar-refractivity contribution is -0.146. The van der Waals surface area contributed by atoms with Gasteiger partial charge in [0.1, 0.15) is 6.04 Å². The number of ether oxygens (including phenoxy) is 1. The van der Waals surface area contributed by atoms with Crippen LogP contribution in [0.4, 0.5) is 0 Å². The lowest BCUT2D eigenvalue weighted by Gasteiger charge is -2.22. The summed E-state index contributed by atoms with van der Waals surface area (Å²) in [5.74, 6) is -0.459. The van der Waals surface area contributed by atoms with E-state index < -0.39 is 22.2 Å². The molecule has 0 bridgehead atoms. The maximum Gasteiger partial charge on any atom is 0.324 e. The van der Waals surface area contributed by atoms with Crippen molar-refractivity contribution in [2.24, 2.45) is 0 Å². The molecule has 1 atom stereocenters. The molecule has 0 aliphatic carbocycles. The highest BCUT2D eigenvalue weighted by Crippen LogP contribution is 2.21. The van der Waals surface area contributed by atoms with Gasteiger partial charge in [0, 0.05) is 13.1 Å². The standard InChI is InChI=1S/C12H22N2O4S/c1-3-5-6-9-13-19(16,17)14-10-7-8-11(14)12(15)18-4-2/h3,5,11,13H,4,6-10H2,1-2H3/b5-3+. The summed E-state index contributed by atoms with van der Waals surface area (Å²) in [5.41, 5.74) is 0. The van der Waals surface area contributed by atoms with E-state index in [1.807, 2.05) is 19.1 Å². The summed E-state index contributed by atoms with van der Waals surface area (Å²) in [7, 11) is -3.60. The Kier molecular flexibility index (Phi) is 6.47. The quantitative estimate of drug-likeness (QED) is 0.428. The third-order valence-electron chi connectivity index (χ3n) is 2.90. The maximum absolute atomic E-state index is 12.1. The number of carbonyl (C=O) groups is 1. The molecule has 1 heterocycles. The summed E-state index contributed by atoms with van der Waals surface area (Å²) >= 11 is 0. The summed E-state index contributed by atoms with van der Waals surface area (Å²) < 4.78 is 32.8. The topological polar surface area (TPSA) is 75.7 Å². The van der Waals surface area contributed by atoms with Crippen molar-refractivity contribution in [3.8, 4) is 0 Å². The molecule has 1 aliphatic rings. The lowest BCUT2D eigenvalue weighted by atomic mass is 10.2. The summed E-state index contributed by atoms with van der Waals surface area (Å²) in [4.78, 5) is 11.7. The molecule has 1 fully saturated rings. The monoisotopic (exact) mass is 290 g/mol. The largest absolute Gasteiger partial charge is 0.465 e. The van der Waals surface area contributed by atoms with E-state index in [-0.39, 0.29) is 6.61 Å².